The van der Waals surface area contributed by atoms with E-state index in [0.29, 0.717) is 29.2 Å². The highest BCUT2D eigenvalue weighted by molar-refractivity contribution is 6.12. The van der Waals surface area contributed by atoms with Gasteiger partial charge >= 0.3 is 0 Å². The van der Waals surface area contributed by atoms with Crippen LogP contribution >= 0.6 is 0 Å². The van der Waals surface area contributed by atoms with Crippen LogP contribution in [0.15, 0.2) is 82.8 Å². The fourth-order valence-corrected chi connectivity index (χ4v) is 4.38. The highest BCUT2D eigenvalue weighted by Crippen LogP contribution is 2.42. The number of fused-ring (bicyclic) bond motifs is 1. The zero-order chi connectivity index (χ0) is 21.4. The largest absolute Gasteiger partial charge is 0.369 e. The molecule has 0 radical (unpaired) electrons. The third-order valence-electron chi connectivity index (χ3n) is 5.82. The summed E-state index contributed by atoms with van der Waals surface area (Å²) in [5, 5.41) is 9.25. The molecule has 152 valence electrons. The minimum absolute atomic E-state index is 0.376. The number of guanidine groups is 1. The van der Waals surface area contributed by atoms with Crippen molar-refractivity contribution in [1.82, 2.24) is 4.90 Å². The van der Waals surface area contributed by atoms with Crippen LogP contribution in [-0.4, -0.2) is 29.8 Å². The van der Waals surface area contributed by atoms with Gasteiger partial charge in [-0.3, -0.25) is 9.89 Å². The standard InChI is InChI=1S/C25H20FN5/c26-22-11-10-17(16-27)14-21(22)18-6-4-9-20(15-18)25(19-7-2-1-3-8-19)23-29-12-5-13-31(23)24(28)30-25/h1-4,6-11,14-15H,5,12-13H2,(H2,28,30). The minimum atomic E-state index is -0.898. The van der Waals surface area contributed by atoms with E-state index in [0.717, 1.165) is 29.9 Å². The molecule has 2 aliphatic rings. The van der Waals surface area contributed by atoms with Crippen molar-refractivity contribution in [2.24, 2.45) is 15.7 Å². The molecule has 0 aromatic heterocycles. The van der Waals surface area contributed by atoms with Gasteiger partial charge in [0.05, 0.1) is 11.6 Å². The molecule has 2 aliphatic heterocycles. The van der Waals surface area contributed by atoms with Gasteiger partial charge in [-0.2, -0.15) is 5.26 Å². The number of nitrogens with two attached hydrogens (primary N) is 1. The van der Waals surface area contributed by atoms with Gasteiger partial charge in [-0.25, -0.2) is 9.38 Å². The molecular formula is C25H20FN5. The van der Waals surface area contributed by atoms with Crippen LogP contribution in [-0.2, 0) is 5.54 Å². The predicted octanol–water partition coefficient (Wildman–Crippen LogP) is 4.04. The van der Waals surface area contributed by atoms with E-state index < -0.39 is 5.54 Å². The first-order valence-electron chi connectivity index (χ1n) is 10.2. The number of rotatable bonds is 3. The maximum atomic E-state index is 14.7. The molecule has 3 aromatic rings. The molecule has 6 heteroatoms. The summed E-state index contributed by atoms with van der Waals surface area (Å²) < 4.78 is 14.7. The maximum absolute atomic E-state index is 14.7. The summed E-state index contributed by atoms with van der Waals surface area (Å²) in [6, 6.07) is 24.0. The molecule has 0 saturated carbocycles. The first-order valence-corrected chi connectivity index (χ1v) is 10.2. The van der Waals surface area contributed by atoms with Gasteiger partial charge in [0.15, 0.2) is 11.5 Å². The van der Waals surface area contributed by atoms with Crippen molar-refractivity contribution in [3.05, 3.63) is 95.3 Å². The summed E-state index contributed by atoms with van der Waals surface area (Å²) in [7, 11) is 0. The number of hydrogen-bond donors (Lipinski definition) is 1. The van der Waals surface area contributed by atoms with E-state index >= 15 is 0 Å². The van der Waals surface area contributed by atoms with Gasteiger partial charge in [0.2, 0.25) is 0 Å². The molecule has 3 aromatic carbocycles. The van der Waals surface area contributed by atoms with Crippen molar-refractivity contribution in [3.63, 3.8) is 0 Å². The molecule has 0 amide bonds. The fraction of sp³-hybridized carbons (Fsp3) is 0.160. The second kappa shape index (κ2) is 7.37. The monoisotopic (exact) mass is 409 g/mol. The van der Waals surface area contributed by atoms with E-state index in [1.807, 2.05) is 59.5 Å². The Balaban J connectivity index is 1.75. The first kappa shape index (κ1) is 19.0. The van der Waals surface area contributed by atoms with Crippen LogP contribution in [0.5, 0.6) is 0 Å². The summed E-state index contributed by atoms with van der Waals surface area (Å²) >= 11 is 0. The number of aliphatic imine (C=N–C) groups is 2. The molecule has 2 heterocycles. The Hall–Kier alpha value is -3.98. The molecule has 0 fully saturated rings. The van der Waals surface area contributed by atoms with Crippen LogP contribution in [0.4, 0.5) is 4.39 Å². The zero-order valence-corrected chi connectivity index (χ0v) is 16.8. The Morgan fingerprint density at radius 1 is 1.00 bits per heavy atom. The Morgan fingerprint density at radius 2 is 1.81 bits per heavy atom. The summed E-state index contributed by atoms with van der Waals surface area (Å²) in [5.41, 5.74) is 8.71. The number of halogens is 1. The van der Waals surface area contributed by atoms with Gasteiger partial charge in [-0.1, -0.05) is 48.5 Å². The van der Waals surface area contributed by atoms with Crippen LogP contribution in [0.25, 0.3) is 11.1 Å². The quantitative estimate of drug-likeness (QED) is 0.709. The molecule has 1 unspecified atom stereocenters. The molecule has 0 aliphatic carbocycles. The normalized spacial score (nSPS) is 19.9. The maximum Gasteiger partial charge on any atom is 0.198 e. The zero-order valence-electron chi connectivity index (χ0n) is 16.8. The lowest BCUT2D eigenvalue weighted by Gasteiger charge is -2.33. The lowest BCUT2D eigenvalue weighted by Crippen LogP contribution is -2.46. The van der Waals surface area contributed by atoms with E-state index in [-0.39, 0.29) is 5.82 Å². The third kappa shape index (κ3) is 2.98. The molecule has 0 saturated heterocycles. The highest BCUT2D eigenvalue weighted by atomic mass is 19.1. The van der Waals surface area contributed by atoms with Gasteiger partial charge in [0, 0.05) is 18.7 Å². The van der Waals surface area contributed by atoms with Crippen LogP contribution < -0.4 is 5.73 Å². The summed E-state index contributed by atoms with van der Waals surface area (Å²) in [6.07, 6.45) is 0.913. The van der Waals surface area contributed by atoms with E-state index in [1.165, 1.54) is 12.1 Å². The van der Waals surface area contributed by atoms with Crippen molar-refractivity contribution >= 4 is 11.8 Å². The molecule has 31 heavy (non-hydrogen) atoms. The van der Waals surface area contributed by atoms with E-state index in [4.69, 9.17) is 15.7 Å². The van der Waals surface area contributed by atoms with Crippen LogP contribution in [0.2, 0.25) is 0 Å². The Bertz CT molecular complexity index is 1260. The van der Waals surface area contributed by atoms with E-state index in [1.54, 1.807) is 6.07 Å². The molecular weight excluding hydrogens is 389 g/mol. The lowest BCUT2D eigenvalue weighted by atomic mass is 9.81. The molecule has 5 rings (SSSR count). The highest BCUT2D eigenvalue weighted by Gasteiger charge is 2.49. The second-order valence-electron chi connectivity index (χ2n) is 7.64. The lowest BCUT2D eigenvalue weighted by molar-refractivity contribution is 0.531. The Kier molecular flexibility index (Phi) is 4.52. The summed E-state index contributed by atoms with van der Waals surface area (Å²) in [5.74, 6) is 0.854. The van der Waals surface area contributed by atoms with Crippen molar-refractivity contribution in [1.29, 1.82) is 5.26 Å². The average molecular weight is 409 g/mol. The Morgan fingerprint density at radius 3 is 2.61 bits per heavy atom. The second-order valence-corrected chi connectivity index (χ2v) is 7.64. The molecule has 2 N–H and O–H groups in total. The van der Waals surface area contributed by atoms with Crippen molar-refractivity contribution in [3.8, 4) is 17.2 Å². The van der Waals surface area contributed by atoms with Crippen molar-refractivity contribution < 1.29 is 4.39 Å². The molecule has 5 nitrogen and oxygen atoms in total. The van der Waals surface area contributed by atoms with Crippen LogP contribution in [0.3, 0.4) is 0 Å². The van der Waals surface area contributed by atoms with Crippen LogP contribution in [0, 0.1) is 17.1 Å². The smallest absolute Gasteiger partial charge is 0.198 e. The SMILES string of the molecule is N#Cc1ccc(F)c(-c2cccc(C3(c4ccccc4)N=C(N)N4CCCN=C43)c2)c1. The van der Waals surface area contributed by atoms with Crippen molar-refractivity contribution in [2.45, 2.75) is 12.0 Å². The summed E-state index contributed by atoms with van der Waals surface area (Å²) in [4.78, 5) is 11.7. The number of amidine groups is 1. The predicted molar refractivity (Wildman–Crippen MR) is 119 cm³/mol. The number of nitriles is 1. The molecule has 0 bridgehead atoms. The first-order chi connectivity index (χ1) is 15.1. The molecule has 1 atom stereocenters. The number of hydrogen-bond acceptors (Lipinski definition) is 5. The molecule has 0 spiro atoms. The van der Waals surface area contributed by atoms with Gasteiger partial charge < -0.3 is 5.73 Å². The van der Waals surface area contributed by atoms with Crippen LogP contribution in [0.1, 0.15) is 23.1 Å². The Labute approximate surface area is 180 Å². The van der Waals surface area contributed by atoms with E-state index in [2.05, 4.69) is 6.07 Å². The number of nitrogens with zero attached hydrogens (tertiary/aromatic N) is 4. The summed E-state index contributed by atoms with van der Waals surface area (Å²) in [6.45, 7) is 1.48. The van der Waals surface area contributed by atoms with Gasteiger partial charge in [0.1, 0.15) is 11.7 Å². The number of benzene rings is 3. The van der Waals surface area contributed by atoms with Gasteiger partial charge in [0.25, 0.3) is 0 Å². The topological polar surface area (TPSA) is 77.8 Å². The fourth-order valence-electron chi connectivity index (χ4n) is 4.38. The average Bonchev–Trinajstić information content (AvgIpc) is 3.14. The van der Waals surface area contributed by atoms with Gasteiger partial charge in [-0.15, -0.1) is 0 Å². The van der Waals surface area contributed by atoms with E-state index in [9.17, 15) is 9.65 Å². The van der Waals surface area contributed by atoms with Crippen molar-refractivity contribution in [2.75, 3.05) is 13.1 Å². The van der Waals surface area contributed by atoms with Gasteiger partial charge in [-0.05, 0) is 47.4 Å². The third-order valence-corrected chi connectivity index (χ3v) is 5.82. The minimum Gasteiger partial charge on any atom is -0.369 e.